The number of ketones is 1. The van der Waals surface area contributed by atoms with Gasteiger partial charge in [0.25, 0.3) is 5.69 Å². The Balaban J connectivity index is 1.96. The second-order valence-corrected chi connectivity index (χ2v) is 5.70. The quantitative estimate of drug-likeness (QED) is 0.412. The van der Waals surface area contributed by atoms with Crippen LogP contribution in [0.3, 0.4) is 0 Å². The first-order chi connectivity index (χ1) is 13.0. The van der Waals surface area contributed by atoms with Gasteiger partial charge in [0.2, 0.25) is 0 Å². The topological polar surface area (TPSA) is 110 Å². The number of carbonyl (C=O) groups excluding carboxylic acids is 2. The highest BCUT2D eigenvalue weighted by Crippen LogP contribution is 2.19. The van der Waals surface area contributed by atoms with Crippen molar-refractivity contribution in [1.82, 2.24) is 4.90 Å². The van der Waals surface area contributed by atoms with Gasteiger partial charge in [0.15, 0.2) is 5.78 Å². The Bertz CT molecular complexity index is 794. The number of rotatable bonds is 9. The predicted octanol–water partition coefficient (Wildman–Crippen LogP) is 2.80. The lowest BCUT2D eigenvalue weighted by molar-refractivity contribution is -0.385. The van der Waals surface area contributed by atoms with E-state index in [-0.39, 0.29) is 44.0 Å². The molecule has 0 spiro atoms. The summed E-state index contributed by atoms with van der Waals surface area (Å²) in [6.07, 6.45) is -0.783. The second kappa shape index (κ2) is 10.0. The van der Waals surface area contributed by atoms with Crippen molar-refractivity contribution >= 4 is 17.6 Å². The second-order valence-electron chi connectivity index (χ2n) is 5.70. The highest BCUT2D eigenvalue weighted by Gasteiger charge is 2.21. The first-order valence-corrected chi connectivity index (χ1v) is 8.36. The summed E-state index contributed by atoms with van der Waals surface area (Å²) < 4.78 is 5.20. The van der Waals surface area contributed by atoms with E-state index in [1.807, 2.05) is 30.3 Å². The van der Waals surface area contributed by atoms with Crippen LogP contribution in [0.1, 0.15) is 22.3 Å². The molecule has 0 aliphatic carbocycles. The van der Waals surface area contributed by atoms with Crippen molar-refractivity contribution < 1.29 is 24.4 Å². The maximum absolute atomic E-state index is 12.3. The molecule has 0 saturated carbocycles. The van der Waals surface area contributed by atoms with Gasteiger partial charge in [0.1, 0.15) is 6.61 Å². The van der Waals surface area contributed by atoms with Crippen molar-refractivity contribution in [3.05, 3.63) is 75.8 Å². The van der Waals surface area contributed by atoms with Crippen molar-refractivity contribution in [1.29, 1.82) is 0 Å². The molecule has 0 saturated heterocycles. The molecule has 0 fully saturated rings. The first kappa shape index (κ1) is 20.1. The van der Waals surface area contributed by atoms with Crippen LogP contribution in [0.5, 0.6) is 0 Å². The van der Waals surface area contributed by atoms with Crippen LogP contribution in [0.2, 0.25) is 0 Å². The molecule has 142 valence electrons. The minimum atomic E-state index is -0.664. The molecule has 2 aromatic rings. The number of carbonyl (C=O) groups is 2. The smallest absolute Gasteiger partial charge is 0.410 e. The Hall–Kier alpha value is -3.26. The zero-order chi connectivity index (χ0) is 19.6. The van der Waals surface area contributed by atoms with Gasteiger partial charge in [-0.1, -0.05) is 42.5 Å². The first-order valence-electron chi connectivity index (χ1n) is 8.36. The summed E-state index contributed by atoms with van der Waals surface area (Å²) in [5.74, 6) is -0.457. The minimum absolute atomic E-state index is 0.00220. The lowest BCUT2D eigenvalue weighted by atomic mass is 10.1. The van der Waals surface area contributed by atoms with Gasteiger partial charge in [0, 0.05) is 25.6 Å². The van der Waals surface area contributed by atoms with Gasteiger partial charge in [-0.3, -0.25) is 14.9 Å². The fourth-order valence-electron chi connectivity index (χ4n) is 2.47. The number of nitro benzene ring substituents is 1. The zero-order valence-corrected chi connectivity index (χ0v) is 14.6. The largest absolute Gasteiger partial charge is 0.445 e. The van der Waals surface area contributed by atoms with Crippen molar-refractivity contribution in [2.24, 2.45) is 0 Å². The fraction of sp³-hybridized carbons (Fsp3) is 0.263. The zero-order valence-electron chi connectivity index (χ0n) is 14.6. The molecule has 8 heteroatoms. The molecule has 1 amide bonds. The fourth-order valence-corrected chi connectivity index (χ4v) is 2.47. The molecule has 8 nitrogen and oxygen atoms in total. The highest BCUT2D eigenvalue weighted by molar-refractivity contribution is 6.00. The molecular formula is C19H20N2O6. The molecule has 0 aliphatic heterocycles. The number of Topliss-reactive ketones (excluding diaryl/α,β-unsaturated/α-hetero) is 1. The number of nitro groups is 1. The van der Waals surface area contributed by atoms with E-state index in [0.29, 0.717) is 0 Å². The third-order valence-electron chi connectivity index (χ3n) is 3.84. The molecular weight excluding hydrogens is 352 g/mol. The molecule has 0 aromatic heterocycles. The van der Waals surface area contributed by atoms with Crippen LogP contribution < -0.4 is 0 Å². The van der Waals surface area contributed by atoms with Crippen LogP contribution in [0.15, 0.2) is 54.6 Å². The van der Waals surface area contributed by atoms with Crippen LogP contribution >= 0.6 is 0 Å². The van der Waals surface area contributed by atoms with Crippen molar-refractivity contribution in [3.8, 4) is 0 Å². The van der Waals surface area contributed by atoms with Gasteiger partial charge >= 0.3 is 6.09 Å². The molecule has 1 N–H and O–H groups in total. The highest BCUT2D eigenvalue weighted by atomic mass is 16.6. The molecule has 0 atom stereocenters. The number of aliphatic hydroxyl groups is 1. The Morgan fingerprint density at radius 3 is 2.37 bits per heavy atom. The maximum Gasteiger partial charge on any atom is 0.410 e. The Kier molecular flexibility index (Phi) is 7.45. The third-order valence-corrected chi connectivity index (χ3v) is 3.84. The van der Waals surface area contributed by atoms with E-state index in [0.717, 1.165) is 5.56 Å². The van der Waals surface area contributed by atoms with E-state index in [2.05, 4.69) is 0 Å². The monoisotopic (exact) mass is 372 g/mol. The lowest BCUT2D eigenvalue weighted by Gasteiger charge is -2.21. The molecule has 0 heterocycles. The van der Waals surface area contributed by atoms with Crippen molar-refractivity contribution in [2.75, 3.05) is 19.7 Å². The number of nitrogens with zero attached hydrogens (tertiary/aromatic N) is 2. The average molecular weight is 372 g/mol. The molecule has 0 aliphatic rings. The number of benzene rings is 2. The molecule has 0 bridgehead atoms. The molecule has 0 unspecified atom stereocenters. The lowest BCUT2D eigenvalue weighted by Crippen LogP contribution is -2.35. The summed E-state index contributed by atoms with van der Waals surface area (Å²) in [5, 5.41) is 20.2. The van der Waals surface area contributed by atoms with Crippen LogP contribution in [0.25, 0.3) is 0 Å². The van der Waals surface area contributed by atoms with E-state index in [1.54, 1.807) is 6.07 Å². The van der Waals surface area contributed by atoms with Gasteiger partial charge in [-0.15, -0.1) is 0 Å². The summed E-state index contributed by atoms with van der Waals surface area (Å²) in [6.45, 7) is -0.239. The van der Waals surface area contributed by atoms with E-state index in [4.69, 9.17) is 9.84 Å². The number of amides is 1. The Morgan fingerprint density at radius 1 is 1.04 bits per heavy atom. The predicted molar refractivity (Wildman–Crippen MR) is 97.3 cm³/mol. The standard InChI is InChI=1S/C19H20N2O6/c22-13-12-20(19(24)27-14-15-6-2-1-3-7-15)11-10-18(23)16-8-4-5-9-17(16)21(25)26/h1-9,22H,10-14H2. The van der Waals surface area contributed by atoms with Gasteiger partial charge < -0.3 is 14.7 Å². The van der Waals surface area contributed by atoms with Crippen molar-refractivity contribution in [3.63, 3.8) is 0 Å². The SMILES string of the molecule is O=C(CCN(CCO)C(=O)OCc1ccccc1)c1ccccc1[N+](=O)[O-]. The summed E-state index contributed by atoms with van der Waals surface area (Å²) in [4.78, 5) is 36.2. The van der Waals surface area contributed by atoms with Crippen LogP contribution in [-0.4, -0.2) is 46.5 Å². The number of para-hydroxylation sites is 1. The third kappa shape index (κ3) is 5.89. The number of hydrogen-bond donors (Lipinski definition) is 1. The van der Waals surface area contributed by atoms with Crippen LogP contribution in [0, 0.1) is 10.1 Å². The van der Waals surface area contributed by atoms with E-state index < -0.39 is 16.8 Å². The minimum Gasteiger partial charge on any atom is -0.445 e. The van der Waals surface area contributed by atoms with Crippen LogP contribution in [0.4, 0.5) is 10.5 Å². The normalized spacial score (nSPS) is 10.3. The summed E-state index contributed by atoms with van der Waals surface area (Å²) >= 11 is 0. The van der Waals surface area contributed by atoms with Gasteiger partial charge in [-0.2, -0.15) is 0 Å². The van der Waals surface area contributed by atoms with Crippen molar-refractivity contribution in [2.45, 2.75) is 13.0 Å². The molecule has 2 rings (SSSR count). The van der Waals surface area contributed by atoms with E-state index in [1.165, 1.54) is 23.1 Å². The van der Waals surface area contributed by atoms with Gasteiger partial charge in [0.05, 0.1) is 17.1 Å². The molecule has 27 heavy (non-hydrogen) atoms. The average Bonchev–Trinajstić information content (AvgIpc) is 2.69. The van der Waals surface area contributed by atoms with Gasteiger partial charge in [-0.25, -0.2) is 4.79 Å². The van der Waals surface area contributed by atoms with Crippen LogP contribution in [-0.2, 0) is 11.3 Å². The Labute approximate surface area is 156 Å². The summed E-state index contributed by atoms with van der Waals surface area (Å²) in [7, 11) is 0. The van der Waals surface area contributed by atoms with E-state index >= 15 is 0 Å². The van der Waals surface area contributed by atoms with Gasteiger partial charge in [-0.05, 0) is 11.6 Å². The number of hydrogen-bond acceptors (Lipinski definition) is 6. The molecule has 0 radical (unpaired) electrons. The molecule has 2 aromatic carbocycles. The van der Waals surface area contributed by atoms with E-state index in [9.17, 15) is 19.7 Å². The Morgan fingerprint density at radius 2 is 1.70 bits per heavy atom. The summed E-state index contributed by atoms with van der Waals surface area (Å²) in [6, 6.07) is 14.8. The number of ether oxygens (including phenoxy) is 1. The maximum atomic E-state index is 12.3. The number of aliphatic hydroxyl groups excluding tert-OH is 1. The summed E-state index contributed by atoms with van der Waals surface area (Å²) in [5.41, 5.74) is 0.526.